The number of aliphatic imine (C=N–C) groups is 1. The summed E-state index contributed by atoms with van der Waals surface area (Å²) in [5.74, 6) is 1.04. The van der Waals surface area contributed by atoms with Crippen LogP contribution in [0.2, 0.25) is 0 Å². The zero-order valence-electron chi connectivity index (χ0n) is 14.5. The van der Waals surface area contributed by atoms with E-state index in [2.05, 4.69) is 38.3 Å². The molecule has 2 aliphatic rings. The average molecular weight is 318 g/mol. The minimum atomic E-state index is 0.711. The zero-order chi connectivity index (χ0) is 16.1. The lowest BCUT2D eigenvalue weighted by atomic mass is 10.1. The van der Waals surface area contributed by atoms with Crippen LogP contribution in [0.1, 0.15) is 31.2 Å². The number of guanidine groups is 1. The summed E-state index contributed by atoms with van der Waals surface area (Å²) in [4.78, 5) is 9.56. The molecule has 23 heavy (non-hydrogen) atoms. The highest BCUT2D eigenvalue weighted by molar-refractivity contribution is 5.80. The Bertz CT molecular complexity index is 517. The molecular weight excluding hydrogens is 288 g/mol. The van der Waals surface area contributed by atoms with E-state index in [0.29, 0.717) is 6.04 Å². The Morgan fingerprint density at radius 1 is 1.30 bits per heavy atom. The van der Waals surface area contributed by atoms with Crippen molar-refractivity contribution in [3.8, 4) is 0 Å². The van der Waals surface area contributed by atoms with E-state index in [1.165, 1.54) is 44.3 Å². The third kappa shape index (κ3) is 4.25. The highest BCUT2D eigenvalue weighted by Crippen LogP contribution is 2.20. The molecule has 0 aliphatic carbocycles. The predicted octanol–water partition coefficient (Wildman–Crippen LogP) is 1.33. The van der Waals surface area contributed by atoms with Gasteiger partial charge in [-0.1, -0.05) is 6.42 Å². The van der Waals surface area contributed by atoms with Gasteiger partial charge in [-0.3, -0.25) is 14.6 Å². The molecule has 2 saturated heterocycles. The Balaban J connectivity index is 1.45. The molecule has 0 amide bonds. The van der Waals surface area contributed by atoms with Crippen LogP contribution in [-0.4, -0.2) is 71.4 Å². The van der Waals surface area contributed by atoms with Crippen LogP contribution in [0.25, 0.3) is 0 Å². The summed E-state index contributed by atoms with van der Waals surface area (Å²) >= 11 is 0. The highest BCUT2D eigenvalue weighted by atomic mass is 15.3. The number of aromatic nitrogens is 2. The molecule has 1 atom stereocenters. The molecule has 3 rings (SSSR count). The Hall–Kier alpha value is -1.56. The number of piperidine rings is 1. The van der Waals surface area contributed by atoms with Gasteiger partial charge in [0.2, 0.25) is 0 Å². The quantitative estimate of drug-likeness (QED) is 0.672. The van der Waals surface area contributed by atoms with E-state index in [1.54, 1.807) is 0 Å². The fourth-order valence-corrected chi connectivity index (χ4v) is 3.72. The molecule has 1 N–H and O–H groups in total. The second kappa shape index (κ2) is 7.81. The van der Waals surface area contributed by atoms with Gasteiger partial charge < -0.3 is 10.2 Å². The fourth-order valence-electron chi connectivity index (χ4n) is 3.72. The van der Waals surface area contributed by atoms with Crippen LogP contribution < -0.4 is 5.32 Å². The topological polar surface area (TPSA) is 48.7 Å². The summed E-state index contributed by atoms with van der Waals surface area (Å²) in [6, 6.07) is 0.711. The summed E-state index contributed by atoms with van der Waals surface area (Å²) in [5, 5.41) is 7.81. The second-order valence-electron chi connectivity index (χ2n) is 6.74. The minimum Gasteiger partial charge on any atom is -0.354 e. The first-order valence-electron chi connectivity index (χ1n) is 8.95. The van der Waals surface area contributed by atoms with Crippen molar-refractivity contribution in [3.63, 3.8) is 0 Å². The van der Waals surface area contributed by atoms with Crippen molar-refractivity contribution in [2.24, 2.45) is 4.99 Å². The van der Waals surface area contributed by atoms with Crippen LogP contribution >= 0.6 is 0 Å². The Labute approximate surface area is 139 Å². The van der Waals surface area contributed by atoms with Crippen LogP contribution in [0.15, 0.2) is 17.4 Å². The summed E-state index contributed by atoms with van der Waals surface area (Å²) in [5.41, 5.74) is 1.21. The van der Waals surface area contributed by atoms with Crippen LogP contribution in [0.3, 0.4) is 0 Å². The lowest BCUT2D eigenvalue weighted by Crippen LogP contribution is -2.45. The molecule has 6 heteroatoms. The van der Waals surface area contributed by atoms with Crippen molar-refractivity contribution in [2.75, 3.05) is 39.8 Å². The predicted molar refractivity (Wildman–Crippen MR) is 93.7 cm³/mol. The fraction of sp³-hybridized carbons (Fsp3) is 0.765. The van der Waals surface area contributed by atoms with Gasteiger partial charge in [0.15, 0.2) is 5.96 Å². The SMILES string of the molecule is CN=C(NCCn1cc(C)cn1)N1CCC(N2CCCCC2)C1. The Morgan fingerprint density at radius 2 is 2.13 bits per heavy atom. The summed E-state index contributed by atoms with van der Waals surface area (Å²) in [6.07, 6.45) is 9.38. The van der Waals surface area contributed by atoms with Gasteiger partial charge in [-0.25, -0.2) is 0 Å². The maximum atomic E-state index is 4.47. The van der Waals surface area contributed by atoms with Gasteiger partial charge >= 0.3 is 0 Å². The third-order valence-corrected chi connectivity index (χ3v) is 4.97. The van der Waals surface area contributed by atoms with Crippen molar-refractivity contribution in [3.05, 3.63) is 18.0 Å². The number of likely N-dealkylation sites (tertiary alicyclic amines) is 2. The Morgan fingerprint density at radius 3 is 2.83 bits per heavy atom. The van der Waals surface area contributed by atoms with Crippen LogP contribution in [-0.2, 0) is 6.54 Å². The first-order chi connectivity index (χ1) is 11.3. The number of hydrogen-bond donors (Lipinski definition) is 1. The number of nitrogens with zero attached hydrogens (tertiary/aromatic N) is 5. The standard InChI is InChI=1S/C17H30N6/c1-15-12-20-23(13-15)11-7-19-17(18-2)22-10-6-16(14-22)21-8-4-3-5-9-21/h12-13,16H,3-11,14H2,1-2H3,(H,18,19). The van der Waals surface area contributed by atoms with Crippen molar-refractivity contribution in [2.45, 2.75) is 45.2 Å². The van der Waals surface area contributed by atoms with Gasteiger partial charge in [-0.15, -0.1) is 0 Å². The lowest BCUT2D eigenvalue weighted by molar-refractivity contribution is 0.168. The smallest absolute Gasteiger partial charge is 0.193 e. The van der Waals surface area contributed by atoms with E-state index in [-0.39, 0.29) is 0 Å². The molecule has 0 bridgehead atoms. The number of rotatable bonds is 4. The summed E-state index contributed by atoms with van der Waals surface area (Å²) in [6.45, 7) is 8.59. The van der Waals surface area contributed by atoms with E-state index >= 15 is 0 Å². The van der Waals surface area contributed by atoms with E-state index in [9.17, 15) is 0 Å². The monoisotopic (exact) mass is 318 g/mol. The van der Waals surface area contributed by atoms with Crippen molar-refractivity contribution in [1.29, 1.82) is 0 Å². The summed E-state index contributed by atoms with van der Waals surface area (Å²) in [7, 11) is 1.88. The zero-order valence-corrected chi connectivity index (χ0v) is 14.5. The molecule has 1 aromatic heterocycles. The molecule has 6 nitrogen and oxygen atoms in total. The third-order valence-electron chi connectivity index (χ3n) is 4.97. The molecule has 1 unspecified atom stereocenters. The van der Waals surface area contributed by atoms with Crippen LogP contribution in [0.4, 0.5) is 0 Å². The molecule has 1 aromatic rings. The average Bonchev–Trinajstić information content (AvgIpc) is 3.22. The van der Waals surface area contributed by atoms with Gasteiger partial charge in [0, 0.05) is 38.9 Å². The molecule has 0 aromatic carbocycles. The van der Waals surface area contributed by atoms with E-state index in [0.717, 1.165) is 32.1 Å². The van der Waals surface area contributed by atoms with Gasteiger partial charge in [0.25, 0.3) is 0 Å². The van der Waals surface area contributed by atoms with Crippen LogP contribution in [0, 0.1) is 6.92 Å². The van der Waals surface area contributed by atoms with Crippen molar-refractivity contribution >= 4 is 5.96 Å². The molecule has 3 heterocycles. The normalized spacial score (nSPS) is 23.5. The van der Waals surface area contributed by atoms with Gasteiger partial charge in [0.1, 0.15) is 0 Å². The van der Waals surface area contributed by atoms with Gasteiger partial charge in [-0.05, 0) is 44.8 Å². The second-order valence-corrected chi connectivity index (χ2v) is 6.74. The Kier molecular flexibility index (Phi) is 5.54. The molecule has 2 fully saturated rings. The summed E-state index contributed by atoms with van der Waals surface area (Å²) < 4.78 is 1.98. The number of aryl methyl sites for hydroxylation is 1. The van der Waals surface area contributed by atoms with E-state index in [4.69, 9.17) is 0 Å². The molecule has 0 saturated carbocycles. The van der Waals surface area contributed by atoms with E-state index < -0.39 is 0 Å². The van der Waals surface area contributed by atoms with Gasteiger partial charge in [0.05, 0.1) is 12.7 Å². The van der Waals surface area contributed by atoms with E-state index in [1.807, 2.05) is 17.9 Å². The lowest BCUT2D eigenvalue weighted by Gasteiger charge is -2.32. The minimum absolute atomic E-state index is 0.711. The van der Waals surface area contributed by atoms with Gasteiger partial charge in [-0.2, -0.15) is 5.10 Å². The first-order valence-corrected chi connectivity index (χ1v) is 8.95. The molecule has 128 valence electrons. The molecule has 0 spiro atoms. The van der Waals surface area contributed by atoms with Crippen LogP contribution in [0.5, 0.6) is 0 Å². The molecule has 2 aliphatic heterocycles. The first kappa shape index (κ1) is 16.3. The maximum Gasteiger partial charge on any atom is 0.193 e. The van der Waals surface area contributed by atoms with Crippen molar-refractivity contribution in [1.82, 2.24) is 24.9 Å². The van der Waals surface area contributed by atoms with Crippen molar-refractivity contribution < 1.29 is 0 Å². The highest BCUT2D eigenvalue weighted by Gasteiger charge is 2.29. The number of hydrogen-bond acceptors (Lipinski definition) is 3. The molecular formula is C17H30N6. The maximum absolute atomic E-state index is 4.47. The number of nitrogens with one attached hydrogen (secondary N) is 1. The molecule has 0 radical (unpaired) electrons. The largest absolute Gasteiger partial charge is 0.354 e.